The first kappa shape index (κ1) is 14.0. The maximum Gasteiger partial charge on any atom is 0.141 e. The highest BCUT2D eigenvalue weighted by molar-refractivity contribution is 5.87. The van der Waals surface area contributed by atoms with Gasteiger partial charge in [0.05, 0.1) is 6.04 Å². The van der Waals surface area contributed by atoms with Crippen molar-refractivity contribution in [3.63, 3.8) is 0 Å². The monoisotopic (exact) mass is 296 g/mol. The van der Waals surface area contributed by atoms with Crippen LogP contribution in [0, 0.1) is 11.8 Å². The Bertz CT molecular complexity index is 668. The Balaban J connectivity index is 1.73. The predicted molar refractivity (Wildman–Crippen MR) is 88.7 cm³/mol. The molecule has 3 heterocycles. The minimum atomic E-state index is -0.0905. The number of carbonyl (C=O) groups is 1. The van der Waals surface area contributed by atoms with Crippen LogP contribution in [0.5, 0.6) is 0 Å². The SMILES string of the molecule is Cn1cc(C(C=O)N2CC3CCC(CC3)C2)c2ccccc21. The Morgan fingerprint density at radius 2 is 1.73 bits per heavy atom. The first-order chi connectivity index (χ1) is 10.8. The smallest absolute Gasteiger partial charge is 0.141 e. The van der Waals surface area contributed by atoms with Gasteiger partial charge in [-0.15, -0.1) is 0 Å². The zero-order valence-electron chi connectivity index (χ0n) is 13.2. The molecular formula is C19H24N2O. The number of rotatable bonds is 3. The number of fused-ring (bicyclic) bond motifs is 5. The van der Waals surface area contributed by atoms with E-state index in [1.807, 2.05) is 0 Å². The van der Waals surface area contributed by atoms with E-state index in [2.05, 4.69) is 47.0 Å². The number of aldehydes is 1. The van der Waals surface area contributed by atoms with Crippen LogP contribution in [0.4, 0.5) is 0 Å². The maximum absolute atomic E-state index is 12.0. The van der Waals surface area contributed by atoms with E-state index in [0.717, 1.165) is 31.2 Å². The Kier molecular flexibility index (Phi) is 3.53. The van der Waals surface area contributed by atoms with Crippen molar-refractivity contribution in [1.29, 1.82) is 0 Å². The molecule has 0 N–H and O–H groups in total. The predicted octanol–water partition coefficient (Wildman–Crippen LogP) is 3.54. The van der Waals surface area contributed by atoms with Gasteiger partial charge in [-0.05, 0) is 43.6 Å². The van der Waals surface area contributed by atoms with E-state index in [9.17, 15) is 4.79 Å². The molecule has 2 saturated heterocycles. The van der Waals surface area contributed by atoms with Crippen molar-refractivity contribution in [2.45, 2.75) is 31.7 Å². The highest BCUT2D eigenvalue weighted by Gasteiger charge is 2.34. The summed E-state index contributed by atoms with van der Waals surface area (Å²) in [5, 5.41) is 1.22. The van der Waals surface area contributed by atoms with Crippen LogP contribution in [-0.4, -0.2) is 28.8 Å². The second-order valence-corrected chi connectivity index (χ2v) is 7.13. The summed E-state index contributed by atoms with van der Waals surface area (Å²) >= 11 is 0. The van der Waals surface area contributed by atoms with Crippen molar-refractivity contribution in [2.75, 3.05) is 13.1 Å². The molecule has 3 nitrogen and oxygen atoms in total. The zero-order valence-corrected chi connectivity index (χ0v) is 13.2. The largest absolute Gasteiger partial charge is 0.350 e. The van der Waals surface area contributed by atoms with Crippen LogP contribution in [0.2, 0.25) is 0 Å². The molecule has 116 valence electrons. The van der Waals surface area contributed by atoms with Crippen LogP contribution >= 0.6 is 0 Å². The number of aromatic nitrogens is 1. The lowest BCUT2D eigenvalue weighted by Crippen LogP contribution is -2.33. The molecular weight excluding hydrogens is 272 g/mol. The summed E-state index contributed by atoms with van der Waals surface area (Å²) in [5.74, 6) is 1.58. The van der Waals surface area contributed by atoms with Crippen molar-refractivity contribution in [1.82, 2.24) is 9.47 Å². The summed E-state index contributed by atoms with van der Waals surface area (Å²) in [4.78, 5) is 14.4. The summed E-state index contributed by atoms with van der Waals surface area (Å²) in [6.07, 6.45) is 8.71. The van der Waals surface area contributed by atoms with Gasteiger partial charge in [0.1, 0.15) is 6.29 Å². The van der Waals surface area contributed by atoms with Crippen LogP contribution in [0.1, 0.15) is 37.3 Å². The van der Waals surface area contributed by atoms with Crippen LogP contribution in [0.25, 0.3) is 10.9 Å². The fourth-order valence-electron chi connectivity index (χ4n) is 4.53. The Hall–Kier alpha value is -1.61. The van der Waals surface area contributed by atoms with Crippen molar-refractivity contribution in [2.24, 2.45) is 18.9 Å². The quantitative estimate of drug-likeness (QED) is 0.809. The molecule has 22 heavy (non-hydrogen) atoms. The standard InChI is InChI=1S/C19H24N2O/c1-20-12-17(16-4-2-3-5-18(16)20)19(13-22)21-10-14-6-7-15(11-21)9-8-14/h2-5,12-15,19H,6-11H2,1H3. The van der Waals surface area contributed by atoms with Crippen LogP contribution in [0.3, 0.4) is 0 Å². The average Bonchev–Trinajstić information content (AvgIpc) is 2.72. The van der Waals surface area contributed by atoms with E-state index >= 15 is 0 Å². The number of benzene rings is 1. The average molecular weight is 296 g/mol. The van der Waals surface area contributed by atoms with Gasteiger partial charge in [0.15, 0.2) is 0 Å². The third-order valence-electron chi connectivity index (χ3n) is 5.72. The van der Waals surface area contributed by atoms with E-state index in [-0.39, 0.29) is 6.04 Å². The highest BCUT2D eigenvalue weighted by atomic mass is 16.1. The number of carbonyl (C=O) groups excluding carboxylic acids is 1. The van der Waals surface area contributed by atoms with Gasteiger partial charge < -0.3 is 9.36 Å². The van der Waals surface area contributed by atoms with E-state index < -0.39 is 0 Å². The number of nitrogens with zero attached hydrogens (tertiary/aromatic N) is 2. The van der Waals surface area contributed by atoms with E-state index in [4.69, 9.17) is 0 Å². The molecule has 1 aliphatic carbocycles. The Labute approximate surface area is 131 Å². The summed E-state index contributed by atoms with van der Waals surface area (Å²) in [6, 6.07) is 8.32. The lowest BCUT2D eigenvalue weighted by atomic mass is 9.84. The van der Waals surface area contributed by atoms with E-state index in [0.29, 0.717) is 0 Å². The Morgan fingerprint density at radius 3 is 2.36 bits per heavy atom. The molecule has 1 aromatic carbocycles. The van der Waals surface area contributed by atoms with Gasteiger partial charge in [-0.1, -0.05) is 18.2 Å². The Morgan fingerprint density at radius 1 is 1.09 bits per heavy atom. The molecule has 2 aliphatic heterocycles. The van der Waals surface area contributed by atoms with Crippen molar-refractivity contribution in [3.05, 3.63) is 36.0 Å². The van der Waals surface area contributed by atoms with E-state index in [1.165, 1.54) is 42.1 Å². The lowest BCUT2D eigenvalue weighted by Gasteiger charge is -2.28. The first-order valence-electron chi connectivity index (χ1n) is 8.49. The van der Waals surface area contributed by atoms with Gasteiger partial charge in [-0.25, -0.2) is 0 Å². The minimum Gasteiger partial charge on any atom is -0.350 e. The summed E-state index contributed by atoms with van der Waals surface area (Å²) in [7, 11) is 2.07. The number of hydrogen-bond donors (Lipinski definition) is 0. The molecule has 0 spiro atoms. The number of para-hydroxylation sites is 1. The van der Waals surface area contributed by atoms with Gasteiger partial charge in [0.25, 0.3) is 0 Å². The molecule has 0 amide bonds. The minimum absolute atomic E-state index is 0.0905. The molecule has 1 saturated carbocycles. The normalized spacial score (nSPS) is 27.0. The van der Waals surface area contributed by atoms with Crippen molar-refractivity contribution < 1.29 is 4.79 Å². The van der Waals surface area contributed by atoms with Gasteiger partial charge in [0.2, 0.25) is 0 Å². The fraction of sp³-hybridized carbons (Fsp3) is 0.526. The molecule has 2 aromatic rings. The summed E-state index contributed by atoms with van der Waals surface area (Å²) < 4.78 is 2.15. The van der Waals surface area contributed by atoms with Crippen LogP contribution in [-0.2, 0) is 11.8 Å². The van der Waals surface area contributed by atoms with Gasteiger partial charge >= 0.3 is 0 Å². The molecule has 3 fully saturated rings. The first-order valence-corrected chi connectivity index (χ1v) is 8.49. The molecule has 5 rings (SSSR count). The van der Waals surface area contributed by atoms with Crippen molar-refractivity contribution >= 4 is 17.2 Å². The molecule has 2 bridgehead atoms. The number of hydrogen-bond acceptors (Lipinski definition) is 2. The zero-order chi connectivity index (χ0) is 15.1. The van der Waals surface area contributed by atoms with Gasteiger partial charge in [-0.3, -0.25) is 4.90 Å². The molecule has 1 atom stereocenters. The third-order valence-corrected chi connectivity index (χ3v) is 5.72. The van der Waals surface area contributed by atoms with Gasteiger partial charge in [-0.2, -0.15) is 0 Å². The summed E-state index contributed by atoms with van der Waals surface area (Å²) in [5.41, 5.74) is 2.39. The highest BCUT2D eigenvalue weighted by Crippen LogP contribution is 2.38. The molecule has 3 heteroatoms. The third kappa shape index (κ3) is 2.28. The topological polar surface area (TPSA) is 25.2 Å². The van der Waals surface area contributed by atoms with Crippen molar-refractivity contribution in [3.8, 4) is 0 Å². The molecule has 3 aliphatic rings. The van der Waals surface area contributed by atoms with Crippen LogP contribution < -0.4 is 0 Å². The molecule has 0 radical (unpaired) electrons. The molecule has 1 aromatic heterocycles. The second kappa shape index (κ2) is 5.54. The lowest BCUT2D eigenvalue weighted by molar-refractivity contribution is -0.112. The van der Waals surface area contributed by atoms with E-state index in [1.54, 1.807) is 0 Å². The van der Waals surface area contributed by atoms with Gasteiger partial charge in [0, 0.05) is 42.8 Å². The van der Waals surface area contributed by atoms with Crippen LogP contribution in [0.15, 0.2) is 30.5 Å². The molecule has 1 unspecified atom stereocenters. The maximum atomic E-state index is 12.0. The number of aryl methyl sites for hydroxylation is 1. The summed E-state index contributed by atoms with van der Waals surface area (Å²) in [6.45, 7) is 2.17. The second-order valence-electron chi connectivity index (χ2n) is 7.13. The fourth-order valence-corrected chi connectivity index (χ4v) is 4.53.